The number of aromatic hydroxyl groups is 2. The van der Waals surface area contributed by atoms with Gasteiger partial charge in [-0.3, -0.25) is 14.5 Å². The van der Waals surface area contributed by atoms with Gasteiger partial charge < -0.3 is 29.2 Å². The summed E-state index contributed by atoms with van der Waals surface area (Å²) in [5.74, 6) is -0.430. The number of hydrogen-bond acceptors (Lipinski definition) is 11. The molecule has 217 valence electrons. The summed E-state index contributed by atoms with van der Waals surface area (Å²) in [5, 5.41) is 22.7. The van der Waals surface area contributed by atoms with E-state index in [1.165, 1.54) is 18.9 Å². The molecule has 0 aliphatic carbocycles. The zero-order valence-corrected chi connectivity index (χ0v) is 29.1. The van der Waals surface area contributed by atoms with E-state index in [0.717, 1.165) is 11.1 Å². The maximum atomic E-state index is 12.8. The van der Waals surface area contributed by atoms with Crippen LogP contribution < -0.4 is 14.2 Å². The van der Waals surface area contributed by atoms with Crippen molar-refractivity contribution in [3.63, 3.8) is 0 Å². The maximum Gasteiger partial charge on any atom is 0.375 e. The van der Waals surface area contributed by atoms with Crippen molar-refractivity contribution in [2.45, 2.75) is 55.9 Å². The standard InChI is InChI=1S/C29H29N3O8S.Ac/c1-11-6-13-7-14-28(30-3)32-15-8-38-29(36)16(33)9-41-27(19-18(15)26-25(39-10-40-26)12(2)22(19)34)21(32)20(31(14)4)17(13)23(35)24(11)37-5;/h6,14-15,20-21,27-28,34-35H,7-10H2,1-2,4-5H3;/t14-,15-,20-,21?,27-,28-;/m1./s1. The molecule has 5 aliphatic rings. The Balaban J connectivity index is 0.00000316. The molecular weight excluding hydrogens is 777 g/mol. The van der Waals surface area contributed by atoms with Crippen molar-refractivity contribution >= 4 is 23.5 Å². The molecule has 2 saturated heterocycles. The van der Waals surface area contributed by atoms with E-state index in [2.05, 4.69) is 14.6 Å². The molecule has 5 aliphatic heterocycles. The van der Waals surface area contributed by atoms with E-state index < -0.39 is 41.3 Å². The van der Waals surface area contributed by atoms with Gasteiger partial charge in [0.2, 0.25) is 12.6 Å². The molecule has 1 radical (unpaired) electrons. The van der Waals surface area contributed by atoms with Crippen molar-refractivity contribution in [1.82, 2.24) is 9.80 Å². The maximum absolute atomic E-state index is 12.8. The number of benzene rings is 2. The molecule has 13 heteroatoms. The van der Waals surface area contributed by atoms with Crippen LogP contribution in [0, 0.1) is 64.5 Å². The largest absolute Gasteiger partial charge is 0.507 e. The first-order valence-electron chi connectivity index (χ1n) is 13.4. The predicted octanol–water partition coefficient (Wildman–Crippen LogP) is 2.93. The van der Waals surface area contributed by atoms with Crippen LogP contribution in [0.4, 0.5) is 0 Å². The molecule has 1 unspecified atom stereocenters. The van der Waals surface area contributed by atoms with Crippen LogP contribution in [0.2, 0.25) is 0 Å². The van der Waals surface area contributed by atoms with E-state index >= 15 is 0 Å². The van der Waals surface area contributed by atoms with Gasteiger partial charge in [0, 0.05) is 66.3 Å². The second-order valence-corrected chi connectivity index (χ2v) is 12.3. The zero-order valence-electron chi connectivity index (χ0n) is 23.5. The van der Waals surface area contributed by atoms with Gasteiger partial charge in [0.05, 0.1) is 36.2 Å². The summed E-state index contributed by atoms with van der Waals surface area (Å²) in [6.07, 6.45) is -0.140. The van der Waals surface area contributed by atoms with E-state index in [4.69, 9.17) is 25.5 Å². The molecule has 0 amide bonds. The number of piperazine rings is 1. The average Bonchev–Trinajstić information content (AvgIpc) is 3.44. The number of nitrogens with zero attached hydrogens (tertiary/aromatic N) is 3. The van der Waals surface area contributed by atoms with Gasteiger partial charge in [-0.25, -0.2) is 16.3 Å². The SMILES string of the molecule is [Ac].[C-]#[N+][C@H]1[C@H]2Cc3cc(C)c(OC)c(O)c3[C@H](C3[C@@H]4SCC(=O)C(=O)OC[C@H](c5c6c(c(C)c(O)c54)OCO6)N31)N2C. The van der Waals surface area contributed by atoms with Crippen molar-refractivity contribution in [2.24, 2.45) is 0 Å². The Morgan fingerprint density at radius 3 is 2.55 bits per heavy atom. The number of esters is 1. The number of carbonyl (C=O) groups is 2. The number of ketones is 1. The molecule has 2 aromatic carbocycles. The minimum atomic E-state index is -0.926. The van der Waals surface area contributed by atoms with E-state index in [1.807, 2.05) is 20.0 Å². The second-order valence-electron chi connectivity index (χ2n) is 11.1. The Bertz CT molecular complexity index is 1580. The van der Waals surface area contributed by atoms with Gasteiger partial charge >= 0.3 is 5.97 Å². The number of phenols is 2. The quantitative estimate of drug-likeness (QED) is 0.252. The van der Waals surface area contributed by atoms with E-state index in [0.29, 0.717) is 45.9 Å². The summed E-state index contributed by atoms with van der Waals surface area (Å²) in [6, 6.07) is 0.137. The van der Waals surface area contributed by atoms with E-state index in [1.54, 1.807) is 6.92 Å². The van der Waals surface area contributed by atoms with Crippen LogP contribution in [-0.4, -0.2) is 83.3 Å². The predicted molar refractivity (Wildman–Crippen MR) is 146 cm³/mol. The molecule has 42 heavy (non-hydrogen) atoms. The van der Waals surface area contributed by atoms with Gasteiger partial charge in [0.1, 0.15) is 18.4 Å². The summed E-state index contributed by atoms with van der Waals surface area (Å²) in [5.41, 5.74) is 4.15. The molecule has 2 N–H and O–H groups in total. The Hall–Kier alpha value is -2.22. The first kappa shape index (κ1) is 29.8. The number of thioether (sulfide) groups is 1. The van der Waals surface area contributed by atoms with E-state index in [-0.39, 0.29) is 80.8 Å². The number of Topliss-reactive ketones (excluding diaryl/α,β-unsaturated/α-hetero) is 1. The van der Waals surface area contributed by atoms with Crippen LogP contribution in [0.1, 0.15) is 50.7 Å². The van der Waals surface area contributed by atoms with Crippen molar-refractivity contribution in [2.75, 3.05) is 33.3 Å². The summed E-state index contributed by atoms with van der Waals surface area (Å²) in [7, 11) is 3.47. The zero-order chi connectivity index (χ0) is 28.9. The van der Waals surface area contributed by atoms with Crippen LogP contribution in [0.3, 0.4) is 0 Å². The fraction of sp³-hybridized carbons (Fsp3) is 0.483. The summed E-state index contributed by atoms with van der Waals surface area (Å²) < 4.78 is 22.9. The minimum absolute atomic E-state index is 0. The number of carbonyl (C=O) groups excluding carboxylic acids is 2. The van der Waals surface area contributed by atoms with Gasteiger partial charge in [-0.05, 0) is 38.4 Å². The number of phenolic OH excluding ortho intramolecular Hbond substituents is 2. The van der Waals surface area contributed by atoms with Gasteiger partial charge in [-0.2, -0.15) is 0 Å². The fourth-order valence-corrected chi connectivity index (χ4v) is 8.94. The first-order chi connectivity index (χ1) is 19.7. The van der Waals surface area contributed by atoms with E-state index in [9.17, 15) is 19.8 Å². The molecule has 0 saturated carbocycles. The van der Waals surface area contributed by atoms with Gasteiger partial charge in [-0.15, -0.1) is 11.8 Å². The second kappa shape index (κ2) is 10.7. The van der Waals surface area contributed by atoms with Crippen LogP contribution in [0.15, 0.2) is 6.07 Å². The first-order valence-corrected chi connectivity index (χ1v) is 14.5. The molecule has 7 rings (SSSR count). The Kier molecular flexibility index (Phi) is 7.63. The summed E-state index contributed by atoms with van der Waals surface area (Å²) in [6.45, 7) is 11.8. The third-order valence-electron chi connectivity index (χ3n) is 9.29. The van der Waals surface area contributed by atoms with Crippen LogP contribution in [0.5, 0.6) is 28.7 Å². The van der Waals surface area contributed by atoms with Gasteiger partial charge in [-0.1, -0.05) is 6.07 Å². The number of hydrogen-bond donors (Lipinski definition) is 2. The number of likely N-dealkylation sites (N-methyl/N-ethyl adjacent to an activating group) is 1. The molecule has 0 aromatic heterocycles. The summed E-state index contributed by atoms with van der Waals surface area (Å²) in [4.78, 5) is 33.7. The molecule has 0 spiro atoms. The molecular formula is C29H29AcN3O8S. The normalized spacial score (nSPS) is 29.4. The molecule has 2 aromatic rings. The smallest absolute Gasteiger partial charge is 0.375 e. The van der Waals surface area contributed by atoms with Gasteiger partial charge in [0.15, 0.2) is 23.0 Å². The number of ether oxygens (including phenoxy) is 4. The van der Waals surface area contributed by atoms with Crippen molar-refractivity contribution in [3.05, 3.63) is 50.9 Å². The topological polar surface area (TPSA) is 122 Å². The average molecular weight is 807 g/mol. The molecule has 2 fully saturated rings. The van der Waals surface area contributed by atoms with Crippen LogP contribution in [-0.2, 0) is 20.7 Å². The molecule has 11 nitrogen and oxygen atoms in total. The number of methoxy groups -OCH3 is 1. The molecule has 6 atom stereocenters. The minimum Gasteiger partial charge on any atom is -0.507 e. The Morgan fingerprint density at radius 2 is 1.83 bits per heavy atom. The van der Waals surface area contributed by atoms with Crippen molar-refractivity contribution in [1.29, 1.82) is 0 Å². The Labute approximate surface area is 282 Å². The Morgan fingerprint density at radius 1 is 1.10 bits per heavy atom. The number of aryl methyl sites for hydroxylation is 1. The summed E-state index contributed by atoms with van der Waals surface area (Å²) >= 11 is 1.23. The van der Waals surface area contributed by atoms with Crippen molar-refractivity contribution in [3.8, 4) is 28.7 Å². The molecule has 4 bridgehead atoms. The molecule has 5 heterocycles. The fourth-order valence-electron chi connectivity index (χ4n) is 7.60. The number of cyclic esters (lactones) is 1. The van der Waals surface area contributed by atoms with Crippen molar-refractivity contribution < 1.29 is 82.8 Å². The third-order valence-corrected chi connectivity index (χ3v) is 10.6. The van der Waals surface area contributed by atoms with Gasteiger partial charge in [0.25, 0.3) is 6.17 Å². The van der Waals surface area contributed by atoms with Crippen LogP contribution in [0.25, 0.3) is 4.85 Å². The van der Waals surface area contributed by atoms with Crippen LogP contribution >= 0.6 is 11.8 Å². The third kappa shape index (κ3) is 3.95. The number of fused-ring (bicyclic) bond motifs is 9. The number of rotatable bonds is 1. The monoisotopic (exact) mass is 806 g/mol.